The zero-order valence-corrected chi connectivity index (χ0v) is 18.3. The van der Waals surface area contributed by atoms with E-state index in [0.29, 0.717) is 23.7 Å². The molecule has 0 saturated carbocycles. The summed E-state index contributed by atoms with van der Waals surface area (Å²) in [4.78, 5) is 27.0. The van der Waals surface area contributed by atoms with E-state index in [4.69, 9.17) is 18.9 Å². The minimum Gasteiger partial charge on any atom is -0.493 e. The van der Waals surface area contributed by atoms with Crippen LogP contribution in [-0.4, -0.2) is 56.3 Å². The van der Waals surface area contributed by atoms with Gasteiger partial charge in [0.25, 0.3) is 5.91 Å². The SMILES string of the molecule is COc1cc(CCC(=O)O[C@H](C)C(=O)N2[C@@H](C)CCC[C@@H]2C)cc(OC)c1OC. The zero-order valence-electron chi connectivity index (χ0n) is 18.3. The van der Waals surface area contributed by atoms with Crippen LogP contribution in [0, 0.1) is 0 Å². The Morgan fingerprint density at radius 2 is 1.59 bits per heavy atom. The lowest BCUT2D eigenvalue weighted by Crippen LogP contribution is -2.51. The standard InChI is InChI=1S/C22H33NO6/c1-14-8-7-9-15(2)23(14)22(25)16(3)29-20(24)11-10-17-12-18(26-4)21(28-6)19(13-17)27-5/h12-16H,7-11H2,1-6H3/t14-,15-,16+/m0/s1. The first-order valence-corrected chi connectivity index (χ1v) is 10.1. The zero-order chi connectivity index (χ0) is 21.6. The molecule has 162 valence electrons. The summed E-state index contributed by atoms with van der Waals surface area (Å²) >= 11 is 0. The van der Waals surface area contributed by atoms with Gasteiger partial charge in [-0.1, -0.05) is 0 Å². The van der Waals surface area contributed by atoms with Crippen LogP contribution in [0.25, 0.3) is 0 Å². The van der Waals surface area contributed by atoms with E-state index in [-0.39, 0.29) is 24.4 Å². The Kier molecular flexibility index (Phi) is 8.17. The molecule has 7 nitrogen and oxygen atoms in total. The van der Waals surface area contributed by atoms with Gasteiger partial charge in [0, 0.05) is 18.5 Å². The molecular weight excluding hydrogens is 374 g/mol. The van der Waals surface area contributed by atoms with Crippen molar-refractivity contribution in [2.45, 2.75) is 71.1 Å². The number of hydrogen-bond acceptors (Lipinski definition) is 6. The molecule has 1 fully saturated rings. The Labute approximate surface area is 173 Å². The minimum atomic E-state index is -0.787. The fourth-order valence-electron chi connectivity index (χ4n) is 3.90. The maximum atomic E-state index is 12.8. The normalized spacial score (nSPS) is 20.0. The lowest BCUT2D eigenvalue weighted by Gasteiger charge is -2.40. The van der Waals surface area contributed by atoms with E-state index in [1.165, 1.54) is 0 Å². The van der Waals surface area contributed by atoms with Crippen molar-refractivity contribution in [3.05, 3.63) is 17.7 Å². The van der Waals surface area contributed by atoms with Crippen LogP contribution in [-0.2, 0) is 20.7 Å². The van der Waals surface area contributed by atoms with Crippen molar-refractivity contribution in [2.75, 3.05) is 21.3 Å². The molecule has 0 spiro atoms. The number of hydrogen-bond donors (Lipinski definition) is 0. The average Bonchev–Trinajstić information content (AvgIpc) is 2.70. The van der Waals surface area contributed by atoms with E-state index in [9.17, 15) is 9.59 Å². The molecule has 0 aliphatic carbocycles. The van der Waals surface area contributed by atoms with E-state index in [0.717, 1.165) is 24.8 Å². The van der Waals surface area contributed by atoms with Crippen molar-refractivity contribution in [2.24, 2.45) is 0 Å². The van der Waals surface area contributed by atoms with Gasteiger partial charge in [0.1, 0.15) is 0 Å². The maximum Gasteiger partial charge on any atom is 0.306 e. The van der Waals surface area contributed by atoms with Crippen molar-refractivity contribution in [3.63, 3.8) is 0 Å². The highest BCUT2D eigenvalue weighted by Gasteiger charge is 2.33. The van der Waals surface area contributed by atoms with Crippen molar-refractivity contribution in [1.29, 1.82) is 0 Å². The van der Waals surface area contributed by atoms with Crippen molar-refractivity contribution < 1.29 is 28.5 Å². The number of likely N-dealkylation sites (tertiary alicyclic amines) is 1. The lowest BCUT2D eigenvalue weighted by molar-refractivity contribution is -0.162. The van der Waals surface area contributed by atoms with Gasteiger partial charge in [-0.3, -0.25) is 9.59 Å². The smallest absolute Gasteiger partial charge is 0.306 e. The summed E-state index contributed by atoms with van der Waals surface area (Å²) in [6.07, 6.45) is 2.89. The summed E-state index contributed by atoms with van der Waals surface area (Å²) in [6, 6.07) is 3.96. The number of rotatable bonds is 8. The number of carbonyl (C=O) groups is 2. The molecule has 3 atom stereocenters. The third-order valence-electron chi connectivity index (χ3n) is 5.45. The van der Waals surface area contributed by atoms with Gasteiger partial charge in [0.15, 0.2) is 17.6 Å². The summed E-state index contributed by atoms with van der Waals surface area (Å²) in [5.41, 5.74) is 0.855. The van der Waals surface area contributed by atoms with Crippen LogP contribution >= 0.6 is 0 Å². The van der Waals surface area contributed by atoms with E-state index in [1.807, 2.05) is 18.7 Å². The molecular formula is C22H33NO6. The molecule has 1 heterocycles. The third kappa shape index (κ3) is 5.55. The Balaban J connectivity index is 1.96. The third-order valence-corrected chi connectivity index (χ3v) is 5.45. The fraction of sp³-hybridized carbons (Fsp3) is 0.636. The van der Waals surface area contributed by atoms with Crippen molar-refractivity contribution in [3.8, 4) is 17.2 Å². The number of methoxy groups -OCH3 is 3. The second kappa shape index (κ2) is 10.4. The first kappa shape index (κ1) is 22.8. The molecule has 0 radical (unpaired) electrons. The predicted molar refractivity (Wildman–Crippen MR) is 110 cm³/mol. The second-order valence-corrected chi connectivity index (χ2v) is 7.54. The molecule has 2 rings (SSSR count). The molecule has 7 heteroatoms. The summed E-state index contributed by atoms with van der Waals surface area (Å²) in [7, 11) is 4.64. The number of aryl methyl sites for hydroxylation is 1. The highest BCUT2D eigenvalue weighted by molar-refractivity contribution is 5.84. The highest BCUT2D eigenvalue weighted by atomic mass is 16.5. The number of amides is 1. The molecule has 0 N–H and O–H groups in total. The van der Waals surface area contributed by atoms with Crippen LogP contribution in [0.4, 0.5) is 0 Å². The first-order chi connectivity index (χ1) is 13.8. The van der Waals surface area contributed by atoms with Gasteiger partial charge in [-0.25, -0.2) is 0 Å². The van der Waals surface area contributed by atoms with Gasteiger partial charge in [-0.15, -0.1) is 0 Å². The van der Waals surface area contributed by atoms with E-state index in [2.05, 4.69) is 0 Å². The summed E-state index contributed by atoms with van der Waals surface area (Å²) in [5.74, 6) is 1.05. The van der Waals surface area contributed by atoms with E-state index < -0.39 is 12.1 Å². The van der Waals surface area contributed by atoms with E-state index in [1.54, 1.807) is 40.4 Å². The maximum absolute atomic E-state index is 12.8. The first-order valence-electron chi connectivity index (χ1n) is 10.1. The predicted octanol–water partition coefficient (Wildman–Crippen LogP) is 3.37. The van der Waals surface area contributed by atoms with Gasteiger partial charge in [0.2, 0.25) is 5.75 Å². The molecule has 1 aliphatic heterocycles. The van der Waals surface area contributed by atoms with Crippen LogP contribution in [0.5, 0.6) is 17.2 Å². The Hall–Kier alpha value is -2.44. The van der Waals surface area contributed by atoms with Crippen molar-refractivity contribution >= 4 is 11.9 Å². The van der Waals surface area contributed by atoms with Crippen molar-refractivity contribution in [1.82, 2.24) is 4.90 Å². The number of nitrogens with zero attached hydrogens (tertiary/aromatic N) is 1. The van der Waals surface area contributed by atoms with Crippen LogP contribution < -0.4 is 14.2 Å². The molecule has 0 bridgehead atoms. The molecule has 1 saturated heterocycles. The Bertz CT molecular complexity index is 684. The van der Waals surface area contributed by atoms with Gasteiger partial charge in [-0.05, 0) is 64.2 Å². The molecule has 1 aliphatic rings. The molecule has 1 aromatic carbocycles. The molecule has 29 heavy (non-hydrogen) atoms. The van der Waals surface area contributed by atoms with Gasteiger partial charge in [-0.2, -0.15) is 0 Å². The average molecular weight is 408 g/mol. The van der Waals surface area contributed by atoms with Gasteiger partial charge >= 0.3 is 5.97 Å². The lowest BCUT2D eigenvalue weighted by atomic mass is 9.97. The number of benzene rings is 1. The van der Waals surface area contributed by atoms with Crippen LogP contribution in [0.1, 0.15) is 52.0 Å². The topological polar surface area (TPSA) is 74.3 Å². The van der Waals surface area contributed by atoms with Crippen LogP contribution in [0.3, 0.4) is 0 Å². The largest absolute Gasteiger partial charge is 0.493 e. The quantitative estimate of drug-likeness (QED) is 0.615. The number of piperidine rings is 1. The Morgan fingerprint density at radius 3 is 2.07 bits per heavy atom. The molecule has 0 aromatic heterocycles. The highest BCUT2D eigenvalue weighted by Crippen LogP contribution is 2.38. The van der Waals surface area contributed by atoms with Gasteiger partial charge < -0.3 is 23.8 Å². The van der Waals surface area contributed by atoms with Crippen LogP contribution in [0.2, 0.25) is 0 Å². The molecule has 1 amide bonds. The minimum absolute atomic E-state index is 0.120. The molecule has 1 aromatic rings. The summed E-state index contributed by atoms with van der Waals surface area (Å²) in [6.45, 7) is 5.74. The Morgan fingerprint density at radius 1 is 1.03 bits per heavy atom. The van der Waals surface area contributed by atoms with E-state index >= 15 is 0 Å². The summed E-state index contributed by atoms with van der Waals surface area (Å²) < 4.78 is 21.4. The van der Waals surface area contributed by atoms with Gasteiger partial charge in [0.05, 0.1) is 21.3 Å². The fourth-order valence-corrected chi connectivity index (χ4v) is 3.90. The second-order valence-electron chi connectivity index (χ2n) is 7.54. The van der Waals surface area contributed by atoms with Crippen LogP contribution in [0.15, 0.2) is 12.1 Å². The number of ether oxygens (including phenoxy) is 4. The summed E-state index contributed by atoms with van der Waals surface area (Å²) in [5, 5.41) is 0. The monoisotopic (exact) mass is 407 g/mol. The number of esters is 1. The molecule has 0 unspecified atom stereocenters. The number of carbonyl (C=O) groups excluding carboxylic acids is 2.